The van der Waals surface area contributed by atoms with E-state index < -0.39 is 0 Å². The SMILES string of the molecule is Cc1cccc(C(=O)NC(C)CCCl)n1. The molecule has 1 heterocycles. The summed E-state index contributed by atoms with van der Waals surface area (Å²) in [6.45, 7) is 3.79. The number of rotatable bonds is 4. The highest BCUT2D eigenvalue weighted by Crippen LogP contribution is 2.00. The predicted molar refractivity (Wildman–Crippen MR) is 61.2 cm³/mol. The van der Waals surface area contributed by atoms with E-state index in [1.807, 2.05) is 26.0 Å². The first kappa shape index (κ1) is 12.0. The molecule has 0 bridgehead atoms. The lowest BCUT2D eigenvalue weighted by molar-refractivity contribution is 0.0934. The Morgan fingerprint density at radius 2 is 2.33 bits per heavy atom. The number of carbonyl (C=O) groups excluding carboxylic acids is 1. The van der Waals surface area contributed by atoms with Crippen molar-refractivity contribution in [2.75, 3.05) is 5.88 Å². The first-order valence-electron chi connectivity index (χ1n) is 4.94. The summed E-state index contributed by atoms with van der Waals surface area (Å²) in [5, 5.41) is 2.84. The Hall–Kier alpha value is -1.09. The molecule has 82 valence electrons. The lowest BCUT2D eigenvalue weighted by atomic mass is 10.2. The van der Waals surface area contributed by atoms with Gasteiger partial charge >= 0.3 is 0 Å². The van der Waals surface area contributed by atoms with Crippen molar-refractivity contribution in [1.82, 2.24) is 10.3 Å². The number of aromatic nitrogens is 1. The van der Waals surface area contributed by atoms with E-state index in [-0.39, 0.29) is 11.9 Å². The van der Waals surface area contributed by atoms with Gasteiger partial charge in [0.25, 0.3) is 5.91 Å². The van der Waals surface area contributed by atoms with Gasteiger partial charge in [-0.3, -0.25) is 4.79 Å². The molecule has 0 radical (unpaired) electrons. The number of amides is 1. The molecule has 0 saturated carbocycles. The van der Waals surface area contributed by atoms with E-state index in [2.05, 4.69) is 10.3 Å². The van der Waals surface area contributed by atoms with Crippen LogP contribution in [0.15, 0.2) is 18.2 Å². The van der Waals surface area contributed by atoms with E-state index in [0.29, 0.717) is 11.6 Å². The van der Waals surface area contributed by atoms with Crippen molar-refractivity contribution in [3.63, 3.8) is 0 Å². The van der Waals surface area contributed by atoms with Crippen molar-refractivity contribution in [2.45, 2.75) is 26.3 Å². The summed E-state index contributed by atoms with van der Waals surface area (Å²) in [6, 6.07) is 5.47. The summed E-state index contributed by atoms with van der Waals surface area (Å²) < 4.78 is 0. The summed E-state index contributed by atoms with van der Waals surface area (Å²) >= 11 is 5.58. The summed E-state index contributed by atoms with van der Waals surface area (Å²) in [7, 11) is 0. The van der Waals surface area contributed by atoms with Crippen molar-refractivity contribution in [3.05, 3.63) is 29.6 Å². The average molecular weight is 227 g/mol. The van der Waals surface area contributed by atoms with Crippen LogP contribution in [-0.4, -0.2) is 22.8 Å². The molecule has 1 rings (SSSR count). The second-order valence-electron chi connectivity index (χ2n) is 3.52. The highest BCUT2D eigenvalue weighted by Gasteiger charge is 2.10. The van der Waals surface area contributed by atoms with Gasteiger partial charge in [-0.2, -0.15) is 0 Å². The Morgan fingerprint density at radius 3 is 2.93 bits per heavy atom. The molecule has 1 unspecified atom stereocenters. The molecule has 15 heavy (non-hydrogen) atoms. The van der Waals surface area contributed by atoms with Crippen molar-refractivity contribution in [1.29, 1.82) is 0 Å². The minimum absolute atomic E-state index is 0.0808. The molecule has 0 spiro atoms. The maximum atomic E-state index is 11.7. The predicted octanol–water partition coefficient (Wildman–Crippen LogP) is 2.14. The van der Waals surface area contributed by atoms with Crippen LogP contribution in [0.2, 0.25) is 0 Å². The van der Waals surface area contributed by atoms with Crippen LogP contribution in [-0.2, 0) is 0 Å². The summed E-state index contributed by atoms with van der Waals surface area (Å²) in [5.74, 6) is 0.402. The molecular formula is C11H15ClN2O. The fourth-order valence-electron chi connectivity index (χ4n) is 1.20. The maximum absolute atomic E-state index is 11.7. The van der Waals surface area contributed by atoms with E-state index in [1.165, 1.54) is 0 Å². The molecule has 1 N–H and O–H groups in total. The van der Waals surface area contributed by atoms with Gasteiger partial charge in [-0.15, -0.1) is 11.6 Å². The minimum atomic E-state index is -0.142. The van der Waals surface area contributed by atoms with Crippen LogP contribution in [0.3, 0.4) is 0 Å². The number of pyridine rings is 1. The zero-order chi connectivity index (χ0) is 11.3. The van der Waals surface area contributed by atoms with Crippen LogP contribution >= 0.6 is 11.6 Å². The number of nitrogens with one attached hydrogen (secondary N) is 1. The van der Waals surface area contributed by atoms with Crippen LogP contribution in [0.5, 0.6) is 0 Å². The zero-order valence-electron chi connectivity index (χ0n) is 8.96. The minimum Gasteiger partial charge on any atom is -0.348 e. The fourth-order valence-corrected chi connectivity index (χ4v) is 1.53. The standard InChI is InChI=1S/C11H15ClN2O/c1-8-4-3-5-10(13-8)11(15)14-9(2)6-7-12/h3-5,9H,6-7H2,1-2H3,(H,14,15). The van der Waals surface area contributed by atoms with Crippen LogP contribution in [0, 0.1) is 6.92 Å². The lowest BCUT2D eigenvalue weighted by Gasteiger charge is -2.11. The first-order chi connectivity index (χ1) is 7.13. The van der Waals surface area contributed by atoms with Gasteiger partial charge in [-0.1, -0.05) is 6.07 Å². The van der Waals surface area contributed by atoms with Gasteiger partial charge in [0.15, 0.2) is 0 Å². The van der Waals surface area contributed by atoms with E-state index in [4.69, 9.17) is 11.6 Å². The van der Waals surface area contributed by atoms with E-state index in [1.54, 1.807) is 6.07 Å². The van der Waals surface area contributed by atoms with Gasteiger partial charge < -0.3 is 5.32 Å². The highest BCUT2D eigenvalue weighted by molar-refractivity contribution is 6.17. The van der Waals surface area contributed by atoms with Crippen molar-refractivity contribution in [2.24, 2.45) is 0 Å². The molecule has 4 heteroatoms. The normalized spacial score (nSPS) is 12.2. The van der Waals surface area contributed by atoms with E-state index in [0.717, 1.165) is 12.1 Å². The number of halogens is 1. The topological polar surface area (TPSA) is 42.0 Å². The monoisotopic (exact) mass is 226 g/mol. The Labute approximate surface area is 94.9 Å². The number of hydrogen-bond acceptors (Lipinski definition) is 2. The molecular weight excluding hydrogens is 212 g/mol. The second-order valence-corrected chi connectivity index (χ2v) is 3.89. The van der Waals surface area contributed by atoms with Crippen molar-refractivity contribution < 1.29 is 4.79 Å². The number of nitrogens with zero attached hydrogens (tertiary/aromatic N) is 1. The van der Waals surface area contributed by atoms with Crippen LogP contribution in [0.1, 0.15) is 29.5 Å². The van der Waals surface area contributed by atoms with E-state index in [9.17, 15) is 4.79 Å². The molecule has 1 atom stereocenters. The largest absolute Gasteiger partial charge is 0.348 e. The van der Waals surface area contributed by atoms with Gasteiger partial charge in [-0.25, -0.2) is 4.98 Å². The molecule has 1 aromatic rings. The molecule has 0 aliphatic heterocycles. The van der Waals surface area contributed by atoms with Gasteiger partial charge in [0.05, 0.1) is 0 Å². The molecule has 1 amide bonds. The molecule has 3 nitrogen and oxygen atoms in total. The number of aryl methyl sites for hydroxylation is 1. The second kappa shape index (κ2) is 5.71. The van der Waals surface area contributed by atoms with Gasteiger partial charge in [-0.05, 0) is 32.4 Å². The third-order valence-corrected chi connectivity index (χ3v) is 2.26. The average Bonchev–Trinajstić information content (AvgIpc) is 2.18. The number of hydrogen-bond donors (Lipinski definition) is 1. The van der Waals surface area contributed by atoms with Gasteiger partial charge in [0.1, 0.15) is 5.69 Å². The summed E-state index contributed by atoms with van der Waals surface area (Å²) in [5.41, 5.74) is 1.30. The van der Waals surface area contributed by atoms with Crippen molar-refractivity contribution >= 4 is 17.5 Å². The van der Waals surface area contributed by atoms with Gasteiger partial charge in [0.2, 0.25) is 0 Å². The summed E-state index contributed by atoms with van der Waals surface area (Å²) in [6.07, 6.45) is 0.763. The molecule has 0 aromatic carbocycles. The Bertz CT molecular complexity index is 341. The van der Waals surface area contributed by atoms with Crippen LogP contribution in [0.25, 0.3) is 0 Å². The molecule has 0 fully saturated rings. The quantitative estimate of drug-likeness (QED) is 0.800. The molecule has 1 aromatic heterocycles. The summed E-state index contributed by atoms with van der Waals surface area (Å²) in [4.78, 5) is 15.8. The fraction of sp³-hybridized carbons (Fsp3) is 0.455. The zero-order valence-corrected chi connectivity index (χ0v) is 9.71. The Balaban J connectivity index is 2.61. The third kappa shape index (κ3) is 3.88. The van der Waals surface area contributed by atoms with Crippen molar-refractivity contribution in [3.8, 4) is 0 Å². The lowest BCUT2D eigenvalue weighted by Crippen LogP contribution is -2.33. The number of carbonyl (C=O) groups is 1. The van der Waals surface area contributed by atoms with Crippen LogP contribution < -0.4 is 5.32 Å². The molecule has 0 aliphatic carbocycles. The maximum Gasteiger partial charge on any atom is 0.270 e. The smallest absolute Gasteiger partial charge is 0.270 e. The third-order valence-electron chi connectivity index (χ3n) is 2.04. The highest BCUT2D eigenvalue weighted by atomic mass is 35.5. The molecule has 0 saturated heterocycles. The van der Waals surface area contributed by atoms with Gasteiger partial charge in [0, 0.05) is 17.6 Å². The Morgan fingerprint density at radius 1 is 1.60 bits per heavy atom. The van der Waals surface area contributed by atoms with E-state index >= 15 is 0 Å². The Kier molecular flexibility index (Phi) is 4.56. The first-order valence-corrected chi connectivity index (χ1v) is 5.47. The molecule has 0 aliphatic rings. The number of alkyl halides is 1. The van der Waals surface area contributed by atoms with Crippen LogP contribution in [0.4, 0.5) is 0 Å².